The zero-order valence-electron chi connectivity index (χ0n) is 12.0. The summed E-state index contributed by atoms with van der Waals surface area (Å²) in [5, 5.41) is 8.25. The molecule has 0 saturated heterocycles. The number of H-pyrrole nitrogens is 1. The van der Waals surface area contributed by atoms with Crippen LogP contribution in [0.4, 0.5) is 4.39 Å². The highest BCUT2D eigenvalue weighted by molar-refractivity contribution is 7.98. The molecule has 0 aliphatic heterocycles. The van der Waals surface area contributed by atoms with Crippen LogP contribution >= 0.6 is 11.8 Å². The SMILES string of the molecule is N=Cc1c2c(c(SCc3cccnc3F)[nH]c1=O)CCCC2. The van der Waals surface area contributed by atoms with E-state index in [2.05, 4.69) is 9.97 Å². The molecule has 6 heteroatoms. The second-order valence-corrected chi connectivity index (χ2v) is 6.23. The van der Waals surface area contributed by atoms with Crippen molar-refractivity contribution in [3.8, 4) is 0 Å². The van der Waals surface area contributed by atoms with Gasteiger partial charge in [-0.05, 0) is 42.9 Å². The normalized spacial score (nSPS) is 13.7. The number of nitrogens with one attached hydrogen (secondary N) is 2. The summed E-state index contributed by atoms with van der Waals surface area (Å²) in [5.74, 6) is -0.0475. The van der Waals surface area contributed by atoms with Gasteiger partial charge >= 0.3 is 0 Å². The van der Waals surface area contributed by atoms with Gasteiger partial charge in [-0.25, -0.2) is 4.98 Å². The van der Waals surface area contributed by atoms with E-state index in [9.17, 15) is 9.18 Å². The second-order valence-electron chi connectivity index (χ2n) is 5.25. The molecule has 2 N–H and O–H groups in total. The van der Waals surface area contributed by atoms with Crippen LogP contribution in [-0.2, 0) is 18.6 Å². The van der Waals surface area contributed by atoms with Crippen LogP contribution in [0.3, 0.4) is 0 Å². The summed E-state index contributed by atoms with van der Waals surface area (Å²) in [6, 6.07) is 3.40. The number of aromatic nitrogens is 2. The van der Waals surface area contributed by atoms with Crippen LogP contribution in [0.25, 0.3) is 0 Å². The summed E-state index contributed by atoms with van der Waals surface area (Å²) in [4.78, 5) is 18.6. The first-order valence-corrected chi connectivity index (χ1v) is 8.20. The largest absolute Gasteiger partial charge is 0.316 e. The minimum Gasteiger partial charge on any atom is -0.316 e. The van der Waals surface area contributed by atoms with Crippen LogP contribution < -0.4 is 5.56 Å². The fraction of sp³-hybridized carbons (Fsp3) is 0.312. The Morgan fingerprint density at radius 1 is 1.36 bits per heavy atom. The number of fused-ring (bicyclic) bond motifs is 1. The molecule has 1 aliphatic carbocycles. The van der Waals surface area contributed by atoms with E-state index in [0.717, 1.165) is 48.1 Å². The molecule has 22 heavy (non-hydrogen) atoms. The third-order valence-corrected chi connectivity index (χ3v) is 4.98. The summed E-state index contributed by atoms with van der Waals surface area (Å²) >= 11 is 1.43. The molecule has 0 saturated carbocycles. The first-order chi connectivity index (χ1) is 10.7. The third-order valence-electron chi connectivity index (χ3n) is 3.89. The van der Waals surface area contributed by atoms with Crippen LogP contribution in [0.2, 0.25) is 0 Å². The van der Waals surface area contributed by atoms with Crippen molar-refractivity contribution in [2.24, 2.45) is 0 Å². The molecule has 0 fully saturated rings. The maximum atomic E-state index is 13.6. The summed E-state index contributed by atoms with van der Waals surface area (Å²) < 4.78 is 13.6. The molecule has 2 aromatic rings. The Balaban J connectivity index is 1.94. The fourth-order valence-electron chi connectivity index (χ4n) is 2.79. The highest BCUT2D eigenvalue weighted by Gasteiger charge is 2.19. The van der Waals surface area contributed by atoms with Crippen molar-refractivity contribution in [1.29, 1.82) is 5.41 Å². The lowest BCUT2D eigenvalue weighted by Gasteiger charge is -2.20. The van der Waals surface area contributed by atoms with Crippen LogP contribution in [-0.4, -0.2) is 16.2 Å². The number of hydrogen-bond donors (Lipinski definition) is 2. The summed E-state index contributed by atoms with van der Waals surface area (Å²) in [6.45, 7) is 0. The quantitative estimate of drug-likeness (QED) is 0.517. The van der Waals surface area contributed by atoms with Gasteiger partial charge in [0.2, 0.25) is 5.95 Å². The molecule has 0 radical (unpaired) electrons. The molecular weight excluding hydrogens is 301 g/mol. The molecule has 114 valence electrons. The topological polar surface area (TPSA) is 69.6 Å². The van der Waals surface area contributed by atoms with Crippen molar-refractivity contribution in [3.05, 3.63) is 56.9 Å². The van der Waals surface area contributed by atoms with Crippen LogP contribution in [0.5, 0.6) is 0 Å². The predicted octanol–water partition coefficient (Wildman–Crippen LogP) is 3.08. The van der Waals surface area contributed by atoms with Crippen molar-refractivity contribution >= 4 is 18.0 Å². The van der Waals surface area contributed by atoms with Gasteiger partial charge in [0.25, 0.3) is 5.56 Å². The average Bonchev–Trinajstić information content (AvgIpc) is 2.54. The van der Waals surface area contributed by atoms with Gasteiger partial charge in [-0.3, -0.25) is 4.79 Å². The van der Waals surface area contributed by atoms with E-state index < -0.39 is 5.95 Å². The van der Waals surface area contributed by atoms with E-state index in [1.165, 1.54) is 18.0 Å². The summed E-state index contributed by atoms with van der Waals surface area (Å²) in [6.07, 6.45) is 6.40. The molecule has 0 atom stereocenters. The number of nitrogens with zero attached hydrogens (tertiary/aromatic N) is 1. The lowest BCUT2D eigenvalue weighted by atomic mass is 9.90. The molecule has 0 aromatic carbocycles. The van der Waals surface area contributed by atoms with Gasteiger partial charge in [-0.1, -0.05) is 6.07 Å². The Labute approximate surface area is 131 Å². The lowest BCUT2D eigenvalue weighted by molar-refractivity contribution is 0.573. The molecule has 2 heterocycles. The number of aromatic amines is 1. The van der Waals surface area contributed by atoms with Gasteiger partial charge in [0.1, 0.15) is 0 Å². The molecule has 4 nitrogen and oxygen atoms in total. The van der Waals surface area contributed by atoms with E-state index in [1.54, 1.807) is 12.1 Å². The van der Waals surface area contributed by atoms with Crippen molar-refractivity contribution in [1.82, 2.24) is 9.97 Å². The van der Waals surface area contributed by atoms with E-state index in [4.69, 9.17) is 5.41 Å². The summed E-state index contributed by atoms with van der Waals surface area (Å²) in [7, 11) is 0. The van der Waals surface area contributed by atoms with Crippen molar-refractivity contribution in [2.75, 3.05) is 0 Å². The third kappa shape index (κ3) is 2.83. The molecule has 0 unspecified atom stereocenters. The van der Waals surface area contributed by atoms with Crippen molar-refractivity contribution in [3.63, 3.8) is 0 Å². The molecule has 0 bridgehead atoms. The molecule has 2 aromatic heterocycles. The highest BCUT2D eigenvalue weighted by Crippen LogP contribution is 2.31. The van der Waals surface area contributed by atoms with E-state index in [-0.39, 0.29) is 5.56 Å². The molecule has 3 rings (SSSR count). The number of rotatable bonds is 4. The van der Waals surface area contributed by atoms with Crippen LogP contribution in [0, 0.1) is 11.4 Å². The predicted molar refractivity (Wildman–Crippen MR) is 85.3 cm³/mol. The van der Waals surface area contributed by atoms with Gasteiger partial charge in [0.05, 0.1) is 10.6 Å². The Morgan fingerprint density at radius 2 is 2.14 bits per heavy atom. The zero-order chi connectivity index (χ0) is 15.5. The van der Waals surface area contributed by atoms with Crippen molar-refractivity contribution in [2.45, 2.75) is 36.5 Å². The zero-order valence-corrected chi connectivity index (χ0v) is 12.8. The number of halogens is 1. The van der Waals surface area contributed by atoms with Crippen LogP contribution in [0.1, 0.15) is 35.1 Å². The van der Waals surface area contributed by atoms with Gasteiger partial charge < -0.3 is 10.4 Å². The number of hydrogen-bond acceptors (Lipinski definition) is 4. The standard InChI is InChI=1S/C16H16FN3OS/c17-14-10(4-3-7-19-14)9-22-16-12-6-2-1-5-11(12)13(8-18)15(21)20-16/h3-4,7-8,18H,1-2,5-6,9H2,(H,20,21). The monoisotopic (exact) mass is 317 g/mol. The Hall–Kier alpha value is -1.95. The highest BCUT2D eigenvalue weighted by atomic mass is 32.2. The van der Waals surface area contributed by atoms with Gasteiger partial charge in [0, 0.05) is 23.7 Å². The second kappa shape index (κ2) is 6.44. The molecule has 0 spiro atoms. The van der Waals surface area contributed by atoms with E-state index >= 15 is 0 Å². The maximum Gasteiger partial charge on any atom is 0.257 e. The number of pyridine rings is 2. The fourth-order valence-corrected chi connectivity index (χ4v) is 3.87. The van der Waals surface area contributed by atoms with Gasteiger partial charge in [-0.2, -0.15) is 4.39 Å². The molecule has 0 amide bonds. The van der Waals surface area contributed by atoms with Gasteiger partial charge in [-0.15, -0.1) is 11.8 Å². The van der Waals surface area contributed by atoms with Crippen LogP contribution in [0.15, 0.2) is 28.2 Å². The summed E-state index contributed by atoms with van der Waals surface area (Å²) in [5.41, 5.74) is 2.85. The van der Waals surface area contributed by atoms with Crippen molar-refractivity contribution < 1.29 is 4.39 Å². The Kier molecular flexibility index (Phi) is 4.38. The van der Waals surface area contributed by atoms with E-state index in [1.807, 2.05) is 0 Å². The first kappa shape index (κ1) is 15.0. The first-order valence-electron chi connectivity index (χ1n) is 7.21. The molecular formula is C16H16FN3OS. The minimum atomic E-state index is -0.470. The number of thioether (sulfide) groups is 1. The Morgan fingerprint density at radius 3 is 2.86 bits per heavy atom. The molecule has 1 aliphatic rings. The lowest BCUT2D eigenvalue weighted by Crippen LogP contribution is -2.21. The van der Waals surface area contributed by atoms with E-state index in [0.29, 0.717) is 16.9 Å². The Bertz CT molecular complexity index is 772. The average molecular weight is 317 g/mol. The van der Waals surface area contributed by atoms with Gasteiger partial charge in [0.15, 0.2) is 0 Å². The minimum absolute atomic E-state index is 0.232. The smallest absolute Gasteiger partial charge is 0.257 e. The maximum absolute atomic E-state index is 13.6.